The number of alkyl halides is 3. The number of anilines is 1. The van der Waals surface area contributed by atoms with Gasteiger partial charge in [0.05, 0.1) is 6.04 Å². The number of carbonyl (C=O) groups is 1. The first-order chi connectivity index (χ1) is 26.5. The summed E-state index contributed by atoms with van der Waals surface area (Å²) in [5.41, 5.74) is 4.87. The van der Waals surface area contributed by atoms with Gasteiger partial charge in [-0.3, -0.25) is 9.79 Å². The van der Waals surface area contributed by atoms with Crippen molar-refractivity contribution in [1.82, 2.24) is 19.8 Å². The van der Waals surface area contributed by atoms with Crippen molar-refractivity contribution in [2.75, 3.05) is 71.0 Å². The fourth-order valence-electron chi connectivity index (χ4n) is 8.69. The van der Waals surface area contributed by atoms with Gasteiger partial charge < -0.3 is 28.9 Å². The number of halogens is 3. The molecule has 0 aliphatic carbocycles. The van der Waals surface area contributed by atoms with Gasteiger partial charge in [0.25, 0.3) is 0 Å². The van der Waals surface area contributed by atoms with Crippen molar-refractivity contribution in [3.63, 3.8) is 0 Å². The molecule has 3 fully saturated rings. The van der Waals surface area contributed by atoms with Crippen LogP contribution < -0.4 is 14.4 Å². The topological polar surface area (TPSA) is 92.6 Å². The molecule has 10 nitrogen and oxygen atoms in total. The van der Waals surface area contributed by atoms with Gasteiger partial charge in [-0.05, 0) is 79.8 Å². The van der Waals surface area contributed by atoms with Crippen molar-refractivity contribution < 1.29 is 32.2 Å². The summed E-state index contributed by atoms with van der Waals surface area (Å²) in [7, 11) is 1.71. The molecule has 0 N–H and O–H groups in total. The Morgan fingerprint density at radius 1 is 1.07 bits per heavy atom. The number of aliphatic imine (C=N–C) groups is 1. The van der Waals surface area contributed by atoms with Crippen LogP contribution in [0.5, 0.6) is 11.8 Å². The molecule has 5 heterocycles. The minimum atomic E-state index is -4.60. The van der Waals surface area contributed by atoms with Gasteiger partial charge in [-0.15, -0.1) is 0 Å². The second kappa shape index (κ2) is 15.9. The fourth-order valence-corrected chi connectivity index (χ4v) is 8.69. The predicted molar refractivity (Wildman–Crippen MR) is 209 cm³/mol. The molecular formula is C42H51F3N6O4. The third-order valence-electron chi connectivity index (χ3n) is 11.7. The number of benzene rings is 2. The number of piperidine rings is 2. The van der Waals surface area contributed by atoms with Crippen LogP contribution in [0.25, 0.3) is 28.1 Å². The quantitative estimate of drug-likeness (QED) is 0.130. The highest BCUT2D eigenvalue weighted by atomic mass is 19.4. The zero-order valence-electron chi connectivity index (χ0n) is 32.1. The van der Waals surface area contributed by atoms with Gasteiger partial charge >= 0.3 is 12.2 Å². The summed E-state index contributed by atoms with van der Waals surface area (Å²) >= 11 is 0. The number of methoxy groups -OCH3 is 1. The van der Waals surface area contributed by atoms with Crippen LogP contribution >= 0.6 is 0 Å². The van der Waals surface area contributed by atoms with Gasteiger partial charge in [0.2, 0.25) is 5.91 Å². The van der Waals surface area contributed by atoms with Crippen LogP contribution in [0, 0.1) is 12.3 Å². The molecular weight excluding hydrogens is 709 g/mol. The van der Waals surface area contributed by atoms with Crippen LogP contribution in [0.15, 0.2) is 42.4 Å². The van der Waals surface area contributed by atoms with E-state index in [1.165, 1.54) is 6.08 Å². The molecule has 7 rings (SSSR count). The standard InChI is InChI=1S/C42H51F3N6O4/c1-6-28-22-31-37(38(54-26-42(43,44)45)36(28)35-27(4)10-11-30-32(35)23-46-33(30)7-2)47-40(55-29-12-17-49(18-13-29)16-9-21-53-5)48-39(31)50-19-14-41(15-20-50)24-51(25-41)34(52)8-3/h6,8,10-11,22-23,29,33H,1,3,7,9,12-21,24-26H2,2,4-5H3. The van der Waals surface area contributed by atoms with E-state index < -0.39 is 12.8 Å². The highest BCUT2D eigenvalue weighted by molar-refractivity contribution is 6.06. The Labute approximate surface area is 321 Å². The summed E-state index contributed by atoms with van der Waals surface area (Å²) in [6, 6.07) is 6.04. The van der Waals surface area contributed by atoms with Gasteiger partial charge in [0.1, 0.15) is 17.4 Å². The molecule has 1 spiro atoms. The first kappa shape index (κ1) is 38.8. The highest BCUT2D eigenvalue weighted by Crippen LogP contribution is 2.49. The van der Waals surface area contributed by atoms with Crippen LogP contribution in [0.1, 0.15) is 73.7 Å². The number of hydrogen-bond donors (Lipinski definition) is 0. The van der Waals surface area contributed by atoms with Gasteiger partial charge in [0.15, 0.2) is 12.4 Å². The molecule has 0 bridgehead atoms. The van der Waals surface area contributed by atoms with E-state index in [9.17, 15) is 18.0 Å². The number of rotatable bonds is 13. The Bertz CT molecular complexity index is 1960. The van der Waals surface area contributed by atoms with E-state index >= 15 is 0 Å². The molecule has 4 aliphatic heterocycles. The fraction of sp³-hybridized carbons (Fsp3) is 0.524. The molecule has 3 aromatic rings. The monoisotopic (exact) mass is 760 g/mol. The summed E-state index contributed by atoms with van der Waals surface area (Å²) in [5, 5.41) is 0.564. The highest BCUT2D eigenvalue weighted by Gasteiger charge is 2.46. The van der Waals surface area contributed by atoms with Crippen LogP contribution in [0.3, 0.4) is 0 Å². The number of carbonyl (C=O) groups excluding carboxylic acids is 1. The lowest BCUT2D eigenvalue weighted by atomic mass is 9.72. The smallest absolute Gasteiger partial charge is 0.422 e. The number of nitrogens with zero attached hydrogens (tertiary/aromatic N) is 6. The average Bonchev–Trinajstić information content (AvgIpc) is 3.59. The van der Waals surface area contributed by atoms with Gasteiger partial charge in [-0.2, -0.15) is 23.1 Å². The molecule has 2 aromatic carbocycles. The van der Waals surface area contributed by atoms with E-state index in [2.05, 4.69) is 29.9 Å². The summed E-state index contributed by atoms with van der Waals surface area (Å²) in [6.45, 7) is 16.2. The summed E-state index contributed by atoms with van der Waals surface area (Å²) in [5.74, 6) is 0.536. The van der Waals surface area contributed by atoms with Crippen LogP contribution in [0.4, 0.5) is 19.0 Å². The van der Waals surface area contributed by atoms with Crippen molar-refractivity contribution >= 4 is 34.9 Å². The molecule has 13 heteroatoms. The number of fused-ring (bicyclic) bond motifs is 2. The predicted octanol–water partition coefficient (Wildman–Crippen LogP) is 7.57. The van der Waals surface area contributed by atoms with Crippen LogP contribution in [-0.2, 0) is 9.53 Å². The summed E-state index contributed by atoms with van der Waals surface area (Å²) in [4.78, 5) is 33.3. The van der Waals surface area contributed by atoms with Crippen LogP contribution in [0.2, 0.25) is 0 Å². The second-order valence-electron chi connectivity index (χ2n) is 15.4. The molecule has 3 saturated heterocycles. The Hall–Kier alpha value is -4.49. The summed E-state index contributed by atoms with van der Waals surface area (Å²) in [6.07, 6.45) is 5.00. The van der Waals surface area contributed by atoms with E-state index in [-0.39, 0.29) is 40.7 Å². The Balaban J connectivity index is 1.33. The largest absolute Gasteiger partial charge is 0.481 e. The van der Waals surface area contributed by atoms with Crippen molar-refractivity contribution in [3.05, 3.63) is 59.7 Å². The van der Waals surface area contributed by atoms with E-state index in [1.54, 1.807) is 13.2 Å². The third kappa shape index (κ3) is 7.96. The van der Waals surface area contributed by atoms with E-state index in [0.29, 0.717) is 55.1 Å². The Kier molecular flexibility index (Phi) is 11.2. The van der Waals surface area contributed by atoms with Gasteiger partial charge in [0, 0.05) is 87.7 Å². The number of aromatic nitrogens is 2. The van der Waals surface area contributed by atoms with Crippen molar-refractivity contribution in [1.29, 1.82) is 0 Å². The maximum absolute atomic E-state index is 14.1. The van der Waals surface area contributed by atoms with Crippen molar-refractivity contribution in [3.8, 4) is 22.9 Å². The molecule has 1 amide bonds. The van der Waals surface area contributed by atoms with Crippen molar-refractivity contribution in [2.45, 2.75) is 70.7 Å². The molecule has 0 saturated carbocycles. The first-order valence-corrected chi connectivity index (χ1v) is 19.4. The zero-order valence-corrected chi connectivity index (χ0v) is 32.1. The first-order valence-electron chi connectivity index (χ1n) is 19.4. The number of likely N-dealkylation sites (tertiary alicyclic amines) is 2. The molecule has 1 aromatic heterocycles. The second-order valence-corrected chi connectivity index (χ2v) is 15.4. The Morgan fingerprint density at radius 3 is 2.47 bits per heavy atom. The minimum Gasteiger partial charge on any atom is -0.481 e. The molecule has 1 atom stereocenters. The molecule has 55 heavy (non-hydrogen) atoms. The molecule has 4 aliphatic rings. The summed E-state index contributed by atoms with van der Waals surface area (Å²) < 4.78 is 59.9. The number of aryl methyl sites for hydroxylation is 1. The van der Waals surface area contributed by atoms with Crippen molar-refractivity contribution in [2.24, 2.45) is 10.4 Å². The molecule has 294 valence electrons. The lowest BCUT2D eigenvalue weighted by Gasteiger charge is -2.54. The van der Waals surface area contributed by atoms with Gasteiger partial charge in [-0.1, -0.05) is 38.3 Å². The maximum Gasteiger partial charge on any atom is 0.422 e. The van der Waals surface area contributed by atoms with Crippen LogP contribution in [-0.4, -0.2) is 110 Å². The normalized spacial score (nSPS) is 19.8. The number of hydrogen-bond acceptors (Lipinski definition) is 9. The molecule has 1 unspecified atom stereocenters. The lowest BCUT2D eigenvalue weighted by molar-refractivity contribution is -0.153. The van der Waals surface area contributed by atoms with E-state index in [4.69, 9.17) is 29.2 Å². The van der Waals surface area contributed by atoms with E-state index in [1.807, 2.05) is 36.2 Å². The van der Waals surface area contributed by atoms with E-state index in [0.717, 1.165) is 80.4 Å². The number of amides is 1. The number of ether oxygens (including phenoxy) is 3. The minimum absolute atomic E-state index is 0.0120. The van der Waals surface area contributed by atoms with Gasteiger partial charge in [-0.25, -0.2) is 0 Å². The maximum atomic E-state index is 14.1. The zero-order chi connectivity index (χ0) is 38.9. The SMILES string of the molecule is C=CC(=O)N1CC2(CCN(c3nc(OC4CCN(CCCOC)CC4)nc4c(OCC(F)(F)F)c(-c5c(C)ccc6c5C=NC6CC)c(C=C)cc34)CC2)C1. The Morgan fingerprint density at radius 2 is 1.82 bits per heavy atom. The lowest BCUT2D eigenvalue weighted by Crippen LogP contribution is -2.61. The average molecular weight is 761 g/mol. The third-order valence-corrected chi connectivity index (χ3v) is 11.7. The molecule has 0 radical (unpaired) electrons.